The van der Waals surface area contributed by atoms with Crippen molar-refractivity contribution in [2.45, 2.75) is 38.0 Å². The van der Waals surface area contributed by atoms with Crippen LogP contribution in [0.25, 0.3) is 22.0 Å². The van der Waals surface area contributed by atoms with Gasteiger partial charge < -0.3 is 15.4 Å². The Hall–Kier alpha value is -4.48. The molecule has 1 saturated carbocycles. The van der Waals surface area contributed by atoms with Crippen molar-refractivity contribution in [2.24, 2.45) is 0 Å². The van der Waals surface area contributed by atoms with Crippen LogP contribution < -0.4 is 15.4 Å². The van der Waals surface area contributed by atoms with Crippen molar-refractivity contribution in [3.05, 3.63) is 76.9 Å². The Balaban J connectivity index is 1.46. The van der Waals surface area contributed by atoms with Gasteiger partial charge in [-0.3, -0.25) is 14.7 Å². The third-order valence-corrected chi connectivity index (χ3v) is 6.35. The number of nitrogens with zero attached hydrogens (tertiary/aromatic N) is 2. The van der Waals surface area contributed by atoms with E-state index < -0.39 is 48.0 Å². The van der Waals surface area contributed by atoms with Gasteiger partial charge in [0.05, 0.1) is 28.3 Å². The van der Waals surface area contributed by atoms with E-state index in [-0.39, 0.29) is 23.2 Å². The number of ether oxygens (including phenoxy) is 1. The molecule has 2 aromatic carbocycles. The number of amides is 2. The van der Waals surface area contributed by atoms with E-state index in [1.165, 1.54) is 19.2 Å². The van der Waals surface area contributed by atoms with Crippen LogP contribution in [0, 0.1) is 5.82 Å². The highest BCUT2D eigenvalue weighted by atomic mass is 19.4. The topological polar surface area (TPSA) is 109 Å². The molecule has 0 spiro atoms. The minimum absolute atomic E-state index is 0.141. The van der Waals surface area contributed by atoms with Gasteiger partial charge in [0.2, 0.25) is 5.88 Å². The second-order valence-corrected chi connectivity index (χ2v) is 9.19. The van der Waals surface area contributed by atoms with Gasteiger partial charge in [-0.05, 0) is 61.7 Å². The second-order valence-electron chi connectivity index (χ2n) is 9.19. The van der Waals surface area contributed by atoms with E-state index >= 15 is 0 Å². The summed E-state index contributed by atoms with van der Waals surface area (Å²) in [7, 11) is -2.98. The zero-order valence-electron chi connectivity index (χ0n) is 23.3. The summed E-state index contributed by atoms with van der Waals surface area (Å²) in [4.78, 5) is 29.8. The third kappa shape index (κ3) is 5.40. The highest BCUT2D eigenvalue weighted by Crippen LogP contribution is 2.33. The molecule has 0 saturated heterocycles. The summed E-state index contributed by atoms with van der Waals surface area (Å²) in [5, 5.41) is 12.7. The standard InChI is InChI=1S/C27H23F4N5O3/c1-13(19-11-16(27(29,30)31)4-8-21(19)28)33-24(37)20-9-15(12-32-26(20)39-2)14-3-7-18-22(10-14)35-36-23(18)25(38)34-17-5-6-17/h3-4,7-13,17H,5-6H2,1-2H3,(H,33,37)(H,34,38)(H,35,36)/t13-/m0/s1/i2D3. The van der Waals surface area contributed by atoms with Crippen LogP contribution in [-0.4, -0.2) is 40.1 Å². The number of aromatic amines is 1. The van der Waals surface area contributed by atoms with Crippen LogP contribution >= 0.6 is 0 Å². The van der Waals surface area contributed by atoms with Gasteiger partial charge in [-0.1, -0.05) is 6.07 Å². The lowest BCUT2D eigenvalue weighted by Crippen LogP contribution is -2.28. The predicted molar refractivity (Wildman–Crippen MR) is 134 cm³/mol. The average molecular weight is 545 g/mol. The maximum absolute atomic E-state index is 14.4. The molecule has 202 valence electrons. The van der Waals surface area contributed by atoms with Gasteiger partial charge in [0.1, 0.15) is 11.4 Å². The van der Waals surface area contributed by atoms with Gasteiger partial charge in [0.25, 0.3) is 11.8 Å². The lowest BCUT2D eigenvalue weighted by molar-refractivity contribution is -0.137. The Bertz CT molecular complexity index is 1690. The highest BCUT2D eigenvalue weighted by Gasteiger charge is 2.32. The van der Waals surface area contributed by atoms with E-state index in [1.807, 2.05) is 0 Å². The van der Waals surface area contributed by atoms with E-state index in [0.717, 1.165) is 12.8 Å². The molecule has 2 aromatic heterocycles. The van der Waals surface area contributed by atoms with Crippen LogP contribution in [0.3, 0.4) is 0 Å². The zero-order valence-corrected chi connectivity index (χ0v) is 20.3. The monoisotopic (exact) mass is 544 g/mol. The smallest absolute Gasteiger partial charge is 0.416 e. The minimum Gasteiger partial charge on any atom is -0.480 e. The molecule has 0 radical (unpaired) electrons. The summed E-state index contributed by atoms with van der Waals surface area (Å²) < 4.78 is 81.2. The number of carbonyl (C=O) groups is 2. The van der Waals surface area contributed by atoms with Gasteiger partial charge in [0.15, 0.2) is 5.69 Å². The predicted octanol–water partition coefficient (Wildman–Crippen LogP) is 5.17. The van der Waals surface area contributed by atoms with Crippen molar-refractivity contribution >= 4 is 22.7 Å². The Kier molecular flexibility index (Phi) is 5.77. The number of halogens is 4. The van der Waals surface area contributed by atoms with Crippen molar-refractivity contribution < 1.29 is 36.0 Å². The maximum atomic E-state index is 14.4. The van der Waals surface area contributed by atoms with Crippen LogP contribution in [0.4, 0.5) is 17.6 Å². The molecule has 5 rings (SSSR count). The molecule has 1 atom stereocenters. The third-order valence-electron chi connectivity index (χ3n) is 6.35. The molecule has 1 fully saturated rings. The van der Waals surface area contributed by atoms with E-state index in [2.05, 4.69) is 25.8 Å². The van der Waals surface area contributed by atoms with Crippen molar-refractivity contribution in [1.29, 1.82) is 0 Å². The summed E-state index contributed by atoms with van der Waals surface area (Å²) in [5.74, 6) is -2.81. The van der Waals surface area contributed by atoms with Crippen molar-refractivity contribution in [3.63, 3.8) is 0 Å². The number of methoxy groups -OCH3 is 1. The first-order valence-electron chi connectivity index (χ1n) is 13.4. The number of nitrogens with one attached hydrogen (secondary N) is 3. The van der Waals surface area contributed by atoms with Gasteiger partial charge in [-0.25, -0.2) is 9.37 Å². The first kappa shape index (κ1) is 22.5. The van der Waals surface area contributed by atoms with Crippen LogP contribution in [-0.2, 0) is 6.18 Å². The average Bonchev–Trinajstić information content (AvgIpc) is 3.61. The fourth-order valence-electron chi connectivity index (χ4n) is 4.11. The molecule has 2 heterocycles. The van der Waals surface area contributed by atoms with Crippen LogP contribution in [0.1, 0.15) is 61.9 Å². The molecule has 0 bridgehead atoms. The molecule has 12 heteroatoms. The number of aromatic nitrogens is 3. The van der Waals surface area contributed by atoms with E-state index in [4.69, 9.17) is 8.85 Å². The first-order chi connectivity index (χ1) is 19.7. The van der Waals surface area contributed by atoms with Gasteiger partial charge in [-0.2, -0.15) is 18.3 Å². The molecule has 0 aliphatic heterocycles. The quantitative estimate of drug-likeness (QED) is 0.278. The van der Waals surface area contributed by atoms with Crippen molar-refractivity contribution in [2.75, 3.05) is 7.04 Å². The molecule has 1 aliphatic carbocycles. The highest BCUT2D eigenvalue weighted by molar-refractivity contribution is 6.05. The molecule has 0 unspecified atom stereocenters. The normalized spacial score (nSPS) is 15.7. The molecule has 3 N–H and O–H groups in total. The minimum atomic E-state index is -4.73. The van der Waals surface area contributed by atoms with Crippen molar-refractivity contribution in [3.8, 4) is 17.0 Å². The number of benzene rings is 2. The molecule has 1 aliphatic rings. The number of carbonyl (C=O) groups excluding carboxylic acids is 2. The SMILES string of the molecule is [2H]C([2H])([2H])Oc1ncc(-c2ccc3c(C(=O)NC4CC4)n[nH]c3c2)cc1C(=O)N[C@@H](C)c1cc(C(F)(F)F)ccc1F. The Labute approximate surface area is 224 Å². The Morgan fingerprint density at radius 1 is 1.13 bits per heavy atom. The van der Waals surface area contributed by atoms with E-state index in [9.17, 15) is 27.2 Å². The largest absolute Gasteiger partial charge is 0.480 e. The summed E-state index contributed by atoms with van der Waals surface area (Å²) in [5.41, 5.74) is -0.285. The van der Waals surface area contributed by atoms with Crippen LogP contribution in [0.5, 0.6) is 5.88 Å². The van der Waals surface area contributed by atoms with Gasteiger partial charge in [-0.15, -0.1) is 0 Å². The number of hydrogen-bond donors (Lipinski definition) is 3. The second kappa shape index (κ2) is 10.0. The summed E-state index contributed by atoms with van der Waals surface area (Å²) in [6, 6.07) is 6.97. The molecule has 8 nitrogen and oxygen atoms in total. The van der Waals surface area contributed by atoms with Gasteiger partial charge in [0, 0.05) is 28.8 Å². The van der Waals surface area contributed by atoms with E-state index in [1.54, 1.807) is 18.2 Å². The Morgan fingerprint density at radius 3 is 2.64 bits per heavy atom. The van der Waals surface area contributed by atoms with Crippen molar-refractivity contribution in [1.82, 2.24) is 25.8 Å². The van der Waals surface area contributed by atoms with Crippen LogP contribution in [0.2, 0.25) is 0 Å². The molecular weight excluding hydrogens is 518 g/mol. The Morgan fingerprint density at radius 2 is 1.92 bits per heavy atom. The molecular formula is C27H23F4N5O3. The molecule has 4 aromatic rings. The number of rotatable bonds is 7. The fraction of sp³-hybridized carbons (Fsp3) is 0.259. The maximum Gasteiger partial charge on any atom is 0.416 e. The first-order valence-corrected chi connectivity index (χ1v) is 11.9. The van der Waals surface area contributed by atoms with Gasteiger partial charge >= 0.3 is 6.18 Å². The lowest BCUT2D eigenvalue weighted by Gasteiger charge is -2.18. The lowest BCUT2D eigenvalue weighted by atomic mass is 10.0. The number of alkyl halides is 3. The number of hydrogen-bond acceptors (Lipinski definition) is 5. The van der Waals surface area contributed by atoms with Crippen LogP contribution in [0.15, 0.2) is 48.7 Å². The van der Waals surface area contributed by atoms with E-state index in [0.29, 0.717) is 40.2 Å². The molecule has 39 heavy (non-hydrogen) atoms. The number of pyridine rings is 1. The number of H-pyrrole nitrogens is 1. The summed E-state index contributed by atoms with van der Waals surface area (Å²) >= 11 is 0. The summed E-state index contributed by atoms with van der Waals surface area (Å²) in [6.45, 7) is 1.28. The summed E-state index contributed by atoms with van der Waals surface area (Å²) in [6.07, 6.45) is -1.64. The molecule has 2 amide bonds. The fourth-order valence-corrected chi connectivity index (χ4v) is 4.11. The zero-order chi connectivity index (χ0) is 30.4. The number of fused-ring (bicyclic) bond motifs is 1.